The standard InChI is InChI=1S/C12H17NO2/c1-12(2)5-10(12)11(14)8-4-9(15-3)7-13-6-8/h4,6-7,10-11,14H,5H2,1-3H3. The van der Waals surface area contributed by atoms with E-state index in [0.717, 1.165) is 12.0 Å². The molecule has 2 unspecified atom stereocenters. The Morgan fingerprint density at radius 3 is 2.73 bits per heavy atom. The van der Waals surface area contributed by atoms with Crippen LogP contribution in [0.4, 0.5) is 0 Å². The molecule has 82 valence electrons. The highest BCUT2D eigenvalue weighted by Crippen LogP contribution is 2.57. The smallest absolute Gasteiger partial charge is 0.137 e. The normalized spacial score (nSPS) is 24.7. The van der Waals surface area contributed by atoms with Gasteiger partial charge < -0.3 is 9.84 Å². The highest BCUT2D eigenvalue weighted by atomic mass is 16.5. The van der Waals surface area contributed by atoms with Crippen LogP contribution < -0.4 is 4.74 Å². The molecule has 1 aliphatic carbocycles. The minimum absolute atomic E-state index is 0.266. The maximum Gasteiger partial charge on any atom is 0.137 e. The Balaban J connectivity index is 2.15. The Labute approximate surface area is 90.1 Å². The van der Waals surface area contributed by atoms with Crippen LogP contribution in [0.2, 0.25) is 0 Å². The van der Waals surface area contributed by atoms with E-state index >= 15 is 0 Å². The Morgan fingerprint density at radius 1 is 1.53 bits per heavy atom. The fourth-order valence-corrected chi connectivity index (χ4v) is 1.99. The van der Waals surface area contributed by atoms with Crippen molar-refractivity contribution in [2.24, 2.45) is 11.3 Å². The molecule has 1 aromatic heterocycles. The minimum Gasteiger partial charge on any atom is -0.495 e. The van der Waals surface area contributed by atoms with Crippen LogP contribution in [0.25, 0.3) is 0 Å². The van der Waals surface area contributed by atoms with Crippen molar-refractivity contribution in [1.82, 2.24) is 4.98 Å². The first-order valence-corrected chi connectivity index (χ1v) is 5.21. The van der Waals surface area contributed by atoms with Crippen LogP contribution in [0.1, 0.15) is 31.9 Å². The second-order valence-corrected chi connectivity index (χ2v) is 4.90. The van der Waals surface area contributed by atoms with Gasteiger partial charge in [-0.2, -0.15) is 0 Å². The number of hydrogen-bond acceptors (Lipinski definition) is 3. The van der Waals surface area contributed by atoms with Crippen molar-refractivity contribution < 1.29 is 9.84 Å². The summed E-state index contributed by atoms with van der Waals surface area (Å²) in [5.74, 6) is 1.05. The summed E-state index contributed by atoms with van der Waals surface area (Å²) in [5.41, 5.74) is 1.12. The lowest BCUT2D eigenvalue weighted by Gasteiger charge is -2.13. The second-order valence-electron chi connectivity index (χ2n) is 4.90. The van der Waals surface area contributed by atoms with Crippen LogP contribution >= 0.6 is 0 Å². The third-order valence-corrected chi connectivity index (χ3v) is 3.28. The fourth-order valence-electron chi connectivity index (χ4n) is 1.99. The van der Waals surface area contributed by atoms with Crippen molar-refractivity contribution in [2.75, 3.05) is 7.11 Å². The largest absolute Gasteiger partial charge is 0.495 e. The SMILES string of the molecule is COc1cncc(C(O)C2CC2(C)C)c1. The van der Waals surface area contributed by atoms with Crippen molar-refractivity contribution >= 4 is 0 Å². The third-order valence-electron chi connectivity index (χ3n) is 3.28. The van der Waals surface area contributed by atoms with Crippen molar-refractivity contribution in [3.05, 3.63) is 24.0 Å². The predicted octanol–water partition coefficient (Wildman–Crippen LogP) is 2.17. The van der Waals surface area contributed by atoms with Gasteiger partial charge in [-0.3, -0.25) is 4.98 Å². The molecule has 1 fully saturated rings. The number of rotatable bonds is 3. The maximum atomic E-state index is 10.1. The first-order valence-electron chi connectivity index (χ1n) is 5.21. The maximum absolute atomic E-state index is 10.1. The number of aliphatic hydroxyl groups excluding tert-OH is 1. The summed E-state index contributed by atoms with van der Waals surface area (Å²) in [6, 6.07) is 1.85. The van der Waals surface area contributed by atoms with E-state index in [9.17, 15) is 5.11 Å². The molecule has 0 radical (unpaired) electrons. The van der Waals surface area contributed by atoms with Crippen LogP contribution in [0.3, 0.4) is 0 Å². The van der Waals surface area contributed by atoms with Crippen LogP contribution in [0.15, 0.2) is 18.5 Å². The number of aliphatic hydroxyl groups is 1. The Kier molecular flexibility index (Phi) is 2.43. The molecule has 2 rings (SSSR count). The molecule has 0 bridgehead atoms. The zero-order valence-corrected chi connectivity index (χ0v) is 9.40. The molecule has 1 aliphatic rings. The molecule has 0 saturated heterocycles. The molecule has 0 aromatic carbocycles. The van der Waals surface area contributed by atoms with Gasteiger partial charge in [0.2, 0.25) is 0 Å². The summed E-state index contributed by atoms with van der Waals surface area (Å²) in [7, 11) is 1.61. The number of hydrogen-bond donors (Lipinski definition) is 1. The van der Waals surface area contributed by atoms with Gasteiger partial charge in [-0.1, -0.05) is 13.8 Å². The zero-order chi connectivity index (χ0) is 11.1. The lowest BCUT2D eigenvalue weighted by molar-refractivity contribution is 0.137. The molecule has 2 atom stereocenters. The monoisotopic (exact) mass is 207 g/mol. The van der Waals surface area contributed by atoms with Gasteiger partial charge in [-0.05, 0) is 23.8 Å². The Morgan fingerprint density at radius 2 is 2.20 bits per heavy atom. The van der Waals surface area contributed by atoms with Gasteiger partial charge in [-0.15, -0.1) is 0 Å². The van der Waals surface area contributed by atoms with Gasteiger partial charge in [-0.25, -0.2) is 0 Å². The first-order chi connectivity index (χ1) is 7.04. The molecule has 0 amide bonds. The van der Waals surface area contributed by atoms with E-state index in [4.69, 9.17) is 4.74 Å². The van der Waals surface area contributed by atoms with Crippen LogP contribution in [0, 0.1) is 11.3 Å². The van der Waals surface area contributed by atoms with E-state index in [1.165, 1.54) is 0 Å². The van der Waals surface area contributed by atoms with Crippen molar-refractivity contribution in [1.29, 1.82) is 0 Å². The molecule has 3 nitrogen and oxygen atoms in total. The fraction of sp³-hybridized carbons (Fsp3) is 0.583. The van der Waals surface area contributed by atoms with E-state index in [2.05, 4.69) is 18.8 Å². The molecular formula is C12H17NO2. The van der Waals surface area contributed by atoms with Crippen LogP contribution in [-0.2, 0) is 0 Å². The minimum atomic E-state index is -0.414. The van der Waals surface area contributed by atoms with Gasteiger partial charge in [0.05, 0.1) is 19.4 Å². The van der Waals surface area contributed by atoms with Gasteiger partial charge in [0.25, 0.3) is 0 Å². The molecule has 1 heterocycles. The summed E-state index contributed by atoms with van der Waals surface area (Å²) in [5, 5.41) is 10.1. The Hall–Kier alpha value is -1.09. The number of ether oxygens (including phenoxy) is 1. The van der Waals surface area contributed by atoms with E-state index in [-0.39, 0.29) is 5.41 Å². The summed E-state index contributed by atoms with van der Waals surface area (Å²) in [4.78, 5) is 4.05. The van der Waals surface area contributed by atoms with Crippen molar-refractivity contribution in [2.45, 2.75) is 26.4 Å². The number of aromatic nitrogens is 1. The topological polar surface area (TPSA) is 42.4 Å². The summed E-state index contributed by atoms with van der Waals surface area (Å²) >= 11 is 0. The highest BCUT2D eigenvalue weighted by molar-refractivity contribution is 5.26. The number of nitrogens with zero attached hydrogens (tertiary/aromatic N) is 1. The molecular weight excluding hydrogens is 190 g/mol. The zero-order valence-electron chi connectivity index (χ0n) is 9.40. The third kappa shape index (κ3) is 1.97. The predicted molar refractivity (Wildman–Crippen MR) is 57.6 cm³/mol. The quantitative estimate of drug-likeness (QED) is 0.826. The molecule has 1 saturated carbocycles. The Bertz CT molecular complexity index is 362. The van der Waals surface area contributed by atoms with Gasteiger partial charge in [0, 0.05) is 11.8 Å². The average Bonchev–Trinajstić information content (AvgIpc) is 2.87. The lowest BCUT2D eigenvalue weighted by Crippen LogP contribution is -2.05. The van der Waals surface area contributed by atoms with E-state index in [0.29, 0.717) is 11.7 Å². The second kappa shape index (κ2) is 3.49. The molecule has 3 heteroatoms. The van der Waals surface area contributed by atoms with Gasteiger partial charge in [0.1, 0.15) is 5.75 Å². The van der Waals surface area contributed by atoms with E-state index in [1.807, 2.05) is 6.07 Å². The molecule has 15 heavy (non-hydrogen) atoms. The first kappa shape index (κ1) is 10.4. The van der Waals surface area contributed by atoms with Crippen LogP contribution in [0.5, 0.6) is 5.75 Å². The van der Waals surface area contributed by atoms with Crippen LogP contribution in [-0.4, -0.2) is 17.2 Å². The average molecular weight is 207 g/mol. The highest BCUT2D eigenvalue weighted by Gasteiger charge is 2.50. The lowest BCUT2D eigenvalue weighted by atomic mass is 10.0. The van der Waals surface area contributed by atoms with Crippen molar-refractivity contribution in [3.8, 4) is 5.75 Å². The summed E-state index contributed by atoms with van der Waals surface area (Å²) in [6.07, 6.45) is 4.02. The number of pyridine rings is 1. The summed E-state index contributed by atoms with van der Waals surface area (Å²) in [6.45, 7) is 4.35. The molecule has 1 aromatic rings. The molecule has 0 spiro atoms. The summed E-state index contributed by atoms with van der Waals surface area (Å²) < 4.78 is 5.08. The molecule has 1 N–H and O–H groups in total. The van der Waals surface area contributed by atoms with Gasteiger partial charge in [0.15, 0.2) is 0 Å². The number of methoxy groups -OCH3 is 1. The van der Waals surface area contributed by atoms with Gasteiger partial charge >= 0.3 is 0 Å². The molecule has 0 aliphatic heterocycles. The van der Waals surface area contributed by atoms with E-state index in [1.54, 1.807) is 19.5 Å². The van der Waals surface area contributed by atoms with Crippen molar-refractivity contribution in [3.63, 3.8) is 0 Å². The van der Waals surface area contributed by atoms with E-state index < -0.39 is 6.10 Å².